The van der Waals surface area contributed by atoms with E-state index in [2.05, 4.69) is 4.99 Å². The normalized spacial score (nSPS) is 24.8. The number of guanidine groups is 1. The van der Waals surface area contributed by atoms with Crippen LogP contribution < -0.4 is 5.73 Å². The van der Waals surface area contributed by atoms with Crippen molar-refractivity contribution in [1.82, 2.24) is 4.90 Å². The lowest BCUT2D eigenvalue weighted by Crippen LogP contribution is -2.44. The molecule has 0 fully saturated rings. The van der Waals surface area contributed by atoms with E-state index in [-0.39, 0.29) is 5.54 Å². The maximum Gasteiger partial charge on any atom is 0.191 e. The van der Waals surface area contributed by atoms with Crippen LogP contribution in [0.4, 0.5) is 0 Å². The minimum Gasteiger partial charge on any atom is -0.370 e. The largest absolute Gasteiger partial charge is 0.370 e. The summed E-state index contributed by atoms with van der Waals surface area (Å²) in [6.07, 6.45) is 0. The third kappa shape index (κ3) is 1.64. The smallest absolute Gasteiger partial charge is 0.191 e. The van der Waals surface area contributed by atoms with Crippen molar-refractivity contribution < 1.29 is 0 Å². The van der Waals surface area contributed by atoms with Crippen LogP contribution >= 0.6 is 23.2 Å². The molecule has 1 aromatic rings. The van der Waals surface area contributed by atoms with Crippen molar-refractivity contribution in [2.75, 3.05) is 13.6 Å². The Morgan fingerprint density at radius 3 is 2.69 bits per heavy atom. The van der Waals surface area contributed by atoms with Crippen molar-refractivity contribution in [2.24, 2.45) is 10.7 Å². The molecule has 1 aliphatic heterocycles. The van der Waals surface area contributed by atoms with Gasteiger partial charge in [-0.1, -0.05) is 23.2 Å². The molecule has 3 nitrogen and oxygen atoms in total. The molecular formula is C11H13Cl2N3. The highest BCUT2D eigenvalue weighted by atomic mass is 35.5. The van der Waals surface area contributed by atoms with Gasteiger partial charge in [0.05, 0.1) is 12.1 Å². The first-order valence-corrected chi connectivity index (χ1v) is 5.70. The fraction of sp³-hybridized carbons (Fsp3) is 0.364. The van der Waals surface area contributed by atoms with Gasteiger partial charge in [0.15, 0.2) is 5.96 Å². The van der Waals surface area contributed by atoms with Gasteiger partial charge in [-0.2, -0.15) is 0 Å². The van der Waals surface area contributed by atoms with E-state index in [1.807, 2.05) is 24.9 Å². The fourth-order valence-electron chi connectivity index (χ4n) is 1.88. The molecule has 16 heavy (non-hydrogen) atoms. The Morgan fingerprint density at radius 2 is 2.12 bits per heavy atom. The average Bonchev–Trinajstić information content (AvgIpc) is 2.51. The van der Waals surface area contributed by atoms with Crippen LogP contribution in [0, 0.1) is 0 Å². The van der Waals surface area contributed by atoms with E-state index in [4.69, 9.17) is 28.9 Å². The zero-order valence-corrected chi connectivity index (χ0v) is 10.7. The van der Waals surface area contributed by atoms with Gasteiger partial charge in [0, 0.05) is 17.1 Å². The van der Waals surface area contributed by atoms with E-state index in [0.29, 0.717) is 22.5 Å². The van der Waals surface area contributed by atoms with E-state index >= 15 is 0 Å². The Labute approximate surface area is 105 Å². The number of nitrogens with two attached hydrogens (primary N) is 1. The maximum absolute atomic E-state index is 6.20. The van der Waals surface area contributed by atoms with Gasteiger partial charge >= 0.3 is 0 Å². The minimum absolute atomic E-state index is 0.313. The number of hydrogen-bond acceptors (Lipinski definition) is 3. The van der Waals surface area contributed by atoms with Crippen molar-refractivity contribution in [3.63, 3.8) is 0 Å². The lowest BCUT2D eigenvalue weighted by molar-refractivity contribution is 0.267. The molecule has 0 spiro atoms. The Kier molecular flexibility index (Phi) is 2.76. The summed E-state index contributed by atoms with van der Waals surface area (Å²) in [6, 6.07) is 5.44. The van der Waals surface area contributed by atoms with Gasteiger partial charge in [-0.05, 0) is 30.7 Å². The first kappa shape index (κ1) is 11.6. The molecule has 0 amide bonds. The second-order valence-electron chi connectivity index (χ2n) is 4.13. The molecule has 1 atom stereocenters. The van der Waals surface area contributed by atoms with Gasteiger partial charge in [-0.15, -0.1) is 0 Å². The van der Waals surface area contributed by atoms with E-state index in [1.165, 1.54) is 0 Å². The SMILES string of the molecule is CN1C(N)=NCC1(C)c1cc(Cl)ccc1Cl. The van der Waals surface area contributed by atoms with Gasteiger partial charge in [-0.25, -0.2) is 0 Å². The van der Waals surface area contributed by atoms with Crippen LogP contribution in [0.5, 0.6) is 0 Å². The van der Waals surface area contributed by atoms with Crippen molar-refractivity contribution in [3.05, 3.63) is 33.8 Å². The minimum atomic E-state index is -0.313. The predicted molar refractivity (Wildman–Crippen MR) is 68.1 cm³/mol. The van der Waals surface area contributed by atoms with E-state index in [1.54, 1.807) is 12.1 Å². The molecule has 1 unspecified atom stereocenters. The molecule has 1 heterocycles. The summed E-state index contributed by atoms with van der Waals surface area (Å²) in [5.41, 5.74) is 6.42. The zero-order valence-electron chi connectivity index (χ0n) is 9.17. The Hall–Kier alpha value is -0.930. The summed E-state index contributed by atoms with van der Waals surface area (Å²) in [5.74, 6) is 0.526. The molecule has 1 aromatic carbocycles. The standard InChI is InChI=1S/C11H13Cl2N3/c1-11(6-15-10(14)16(11)2)8-5-7(12)3-4-9(8)13/h3-5H,6H2,1-2H3,(H2,14,15). The summed E-state index contributed by atoms with van der Waals surface area (Å²) in [6.45, 7) is 2.64. The van der Waals surface area contributed by atoms with Crippen LogP contribution in [0.15, 0.2) is 23.2 Å². The van der Waals surface area contributed by atoms with Crippen LogP contribution in [-0.2, 0) is 5.54 Å². The topological polar surface area (TPSA) is 41.6 Å². The first-order chi connectivity index (χ1) is 7.45. The highest BCUT2D eigenvalue weighted by molar-refractivity contribution is 6.33. The highest BCUT2D eigenvalue weighted by Crippen LogP contribution is 2.36. The molecule has 0 saturated heterocycles. The van der Waals surface area contributed by atoms with Crippen molar-refractivity contribution >= 4 is 29.2 Å². The second kappa shape index (κ2) is 3.82. The molecule has 2 N–H and O–H groups in total. The fourth-order valence-corrected chi connectivity index (χ4v) is 2.37. The highest BCUT2D eigenvalue weighted by Gasteiger charge is 2.38. The average molecular weight is 258 g/mol. The summed E-state index contributed by atoms with van der Waals surface area (Å²) in [4.78, 5) is 6.16. The summed E-state index contributed by atoms with van der Waals surface area (Å²) < 4.78 is 0. The maximum atomic E-state index is 6.20. The molecule has 0 saturated carbocycles. The Bertz CT molecular complexity index is 459. The molecule has 0 aliphatic carbocycles. The Morgan fingerprint density at radius 1 is 1.44 bits per heavy atom. The van der Waals surface area contributed by atoms with Crippen LogP contribution in [0.3, 0.4) is 0 Å². The molecule has 1 aliphatic rings. The number of aliphatic imine (C=N–C) groups is 1. The van der Waals surface area contributed by atoms with Crippen LogP contribution in [0.1, 0.15) is 12.5 Å². The van der Waals surface area contributed by atoms with Gasteiger partial charge in [0.25, 0.3) is 0 Å². The molecule has 5 heteroatoms. The molecular weight excluding hydrogens is 245 g/mol. The molecule has 2 rings (SSSR count). The summed E-state index contributed by atoms with van der Waals surface area (Å²) in [7, 11) is 1.91. The number of rotatable bonds is 1. The van der Waals surface area contributed by atoms with Crippen LogP contribution in [-0.4, -0.2) is 24.5 Å². The van der Waals surface area contributed by atoms with Gasteiger partial charge in [0.2, 0.25) is 0 Å². The lowest BCUT2D eigenvalue weighted by atomic mass is 9.91. The first-order valence-electron chi connectivity index (χ1n) is 4.94. The van der Waals surface area contributed by atoms with Crippen LogP contribution in [0.2, 0.25) is 10.0 Å². The van der Waals surface area contributed by atoms with Crippen molar-refractivity contribution in [1.29, 1.82) is 0 Å². The van der Waals surface area contributed by atoms with Crippen molar-refractivity contribution in [3.8, 4) is 0 Å². The molecule has 86 valence electrons. The zero-order chi connectivity index (χ0) is 11.9. The third-order valence-corrected chi connectivity index (χ3v) is 3.71. The lowest BCUT2D eigenvalue weighted by Gasteiger charge is -2.34. The molecule has 0 radical (unpaired) electrons. The molecule has 0 bridgehead atoms. The van der Waals surface area contributed by atoms with E-state index < -0.39 is 0 Å². The predicted octanol–water partition coefficient (Wildman–Crippen LogP) is 2.47. The van der Waals surface area contributed by atoms with Crippen molar-refractivity contribution in [2.45, 2.75) is 12.5 Å². The quantitative estimate of drug-likeness (QED) is 0.840. The third-order valence-electron chi connectivity index (χ3n) is 3.14. The second-order valence-corrected chi connectivity index (χ2v) is 4.98. The van der Waals surface area contributed by atoms with E-state index in [0.717, 1.165) is 5.56 Å². The summed E-state index contributed by atoms with van der Waals surface area (Å²) in [5, 5.41) is 1.35. The molecule has 0 aromatic heterocycles. The van der Waals surface area contributed by atoms with Gasteiger partial charge in [-0.3, -0.25) is 4.99 Å². The van der Waals surface area contributed by atoms with Gasteiger partial charge < -0.3 is 10.6 Å². The van der Waals surface area contributed by atoms with Crippen LogP contribution in [0.25, 0.3) is 0 Å². The monoisotopic (exact) mass is 257 g/mol. The summed E-state index contributed by atoms with van der Waals surface area (Å²) >= 11 is 12.2. The van der Waals surface area contributed by atoms with E-state index in [9.17, 15) is 0 Å². The van der Waals surface area contributed by atoms with Gasteiger partial charge in [0.1, 0.15) is 0 Å². The Balaban J connectivity index is 2.49. The number of likely N-dealkylation sites (N-methyl/N-ethyl adjacent to an activating group) is 1. The number of hydrogen-bond donors (Lipinski definition) is 1. The number of nitrogens with zero attached hydrogens (tertiary/aromatic N) is 2. The number of benzene rings is 1. The number of halogens is 2.